The van der Waals surface area contributed by atoms with Gasteiger partial charge in [0.05, 0.1) is 6.61 Å². The van der Waals surface area contributed by atoms with E-state index in [0.29, 0.717) is 40.1 Å². The molecule has 178 valence electrons. The number of rotatable bonds is 9. The van der Waals surface area contributed by atoms with E-state index in [2.05, 4.69) is 10.6 Å². The minimum atomic E-state index is -0.555. The number of hydrogen-bond acceptors (Lipinski definition) is 5. The van der Waals surface area contributed by atoms with Crippen molar-refractivity contribution in [2.75, 3.05) is 23.8 Å². The number of carbonyl (C=O) groups excluding carboxylic acids is 2. The molecule has 0 saturated carbocycles. The van der Waals surface area contributed by atoms with E-state index in [1.165, 1.54) is 6.08 Å². The number of nitrogens with zero attached hydrogens (tertiary/aromatic N) is 1. The molecule has 0 aromatic heterocycles. The molecule has 0 unspecified atom stereocenters. The summed E-state index contributed by atoms with van der Waals surface area (Å²) in [4.78, 5) is 24.8. The Hall–Kier alpha value is -4.28. The van der Waals surface area contributed by atoms with Crippen molar-refractivity contribution in [3.05, 3.63) is 88.5 Å². The van der Waals surface area contributed by atoms with Gasteiger partial charge in [-0.1, -0.05) is 35.4 Å². The van der Waals surface area contributed by atoms with Crippen LogP contribution in [-0.2, 0) is 9.59 Å². The summed E-state index contributed by atoms with van der Waals surface area (Å²) in [6.45, 7) is 3.93. The summed E-state index contributed by atoms with van der Waals surface area (Å²) in [7, 11) is 0. The topological polar surface area (TPSA) is 100 Å². The number of benzene rings is 3. The van der Waals surface area contributed by atoms with Crippen molar-refractivity contribution in [1.29, 1.82) is 5.26 Å². The lowest BCUT2D eigenvalue weighted by Gasteiger charge is -2.13. The average Bonchev–Trinajstić information content (AvgIpc) is 2.85. The number of halogens is 1. The summed E-state index contributed by atoms with van der Waals surface area (Å²) in [6.07, 6.45) is 1.45. The molecule has 3 rings (SSSR count). The lowest BCUT2D eigenvalue weighted by molar-refractivity contribution is -0.118. The lowest BCUT2D eigenvalue weighted by atomic mass is 10.1. The molecular weight excluding hydrogens is 466 g/mol. The molecule has 35 heavy (non-hydrogen) atoms. The molecule has 0 spiro atoms. The highest BCUT2D eigenvalue weighted by atomic mass is 35.5. The maximum atomic E-state index is 12.5. The van der Waals surface area contributed by atoms with Crippen LogP contribution in [0.2, 0.25) is 5.02 Å². The summed E-state index contributed by atoms with van der Waals surface area (Å²) in [5.74, 6) is -0.112. The first-order valence-corrected chi connectivity index (χ1v) is 11.2. The highest BCUT2D eigenvalue weighted by Crippen LogP contribution is 2.29. The fourth-order valence-corrected chi connectivity index (χ4v) is 3.15. The SMILES string of the molecule is CCOc1cc(/C=C(/C#N)C(=O)Nc2ccc(Cl)cc2)ccc1OCC(=O)Nc1ccc(C)cc1. The van der Waals surface area contributed by atoms with Gasteiger partial charge in [-0.25, -0.2) is 0 Å². The molecule has 0 heterocycles. The van der Waals surface area contributed by atoms with Crippen LogP contribution in [0.15, 0.2) is 72.3 Å². The predicted molar refractivity (Wildman–Crippen MR) is 137 cm³/mol. The number of carbonyl (C=O) groups is 2. The highest BCUT2D eigenvalue weighted by Gasteiger charge is 2.13. The maximum absolute atomic E-state index is 12.5. The number of nitriles is 1. The van der Waals surface area contributed by atoms with Gasteiger partial charge in [-0.3, -0.25) is 9.59 Å². The Labute approximate surface area is 208 Å². The molecule has 2 amide bonds. The van der Waals surface area contributed by atoms with Crippen molar-refractivity contribution < 1.29 is 19.1 Å². The van der Waals surface area contributed by atoms with Gasteiger partial charge in [0.15, 0.2) is 18.1 Å². The number of amides is 2. The Bertz CT molecular complexity index is 1260. The van der Waals surface area contributed by atoms with E-state index in [4.69, 9.17) is 21.1 Å². The normalized spacial score (nSPS) is 10.7. The molecule has 0 aliphatic carbocycles. The first kappa shape index (κ1) is 25.3. The van der Waals surface area contributed by atoms with Crippen LogP contribution in [0.3, 0.4) is 0 Å². The maximum Gasteiger partial charge on any atom is 0.266 e. The van der Waals surface area contributed by atoms with E-state index in [1.807, 2.05) is 44.2 Å². The number of anilines is 2. The van der Waals surface area contributed by atoms with Crippen LogP contribution in [-0.4, -0.2) is 25.0 Å². The zero-order valence-corrected chi connectivity index (χ0v) is 20.1. The van der Waals surface area contributed by atoms with Gasteiger partial charge in [0.1, 0.15) is 11.6 Å². The summed E-state index contributed by atoms with van der Waals surface area (Å²) in [6, 6.07) is 20.9. The van der Waals surface area contributed by atoms with Crippen LogP contribution in [0.25, 0.3) is 6.08 Å². The second-order valence-corrected chi connectivity index (χ2v) is 7.91. The van der Waals surface area contributed by atoms with Gasteiger partial charge in [0.25, 0.3) is 11.8 Å². The van der Waals surface area contributed by atoms with E-state index < -0.39 is 5.91 Å². The smallest absolute Gasteiger partial charge is 0.266 e. The number of aryl methyl sites for hydroxylation is 1. The van der Waals surface area contributed by atoms with Crippen molar-refractivity contribution in [2.24, 2.45) is 0 Å². The van der Waals surface area contributed by atoms with Gasteiger partial charge in [-0.2, -0.15) is 5.26 Å². The van der Waals surface area contributed by atoms with E-state index >= 15 is 0 Å². The van der Waals surface area contributed by atoms with Crippen molar-refractivity contribution in [2.45, 2.75) is 13.8 Å². The number of nitrogens with one attached hydrogen (secondary N) is 2. The van der Waals surface area contributed by atoms with Crippen molar-refractivity contribution in [3.63, 3.8) is 0 Å². The Morgan fingerprint density at radius 3 is 2.26 bits per heavy atom. The zero-order valence-electron chi connectivity index (χ0n) is 19.3. The third kappa shape index (κ3) is 7.63. The van der Waals surface area contributed by atoms with E-state index in [-0.39, 0.29) is 18.1 Å². The number of hydrogen-bond donors (Lipinski definition) is 2. The number of ether oxygens (including phenoxy) is 2. The third-order valence-electron chi connectivity index (χ3n) is 4.74. The molecule has 8 heteroatoms. The van der Waals surface area contributed by atoms with Gasteiger partial charge < -0.3 is 20.1 Å². The molecule has 0 bridgehead atoms. The molecule has 0 aliphatic rings. The van der Waals surface area contributed by atoms with E-state index in [9.17, 15) is 14.9 Å². The molecule has 3 aromatic carbocycles. The molecule has 3 aromatic rings. The van der Waals surface area contributed by atoms with Gasteiger partial charge in [0.2, 0.25) is 0 Å². The molecule has 0 atom stereocenters. The van der Waals surface area contributed by atoms with Gasteiger partial charge in [0, 0.05) is 16.4 Å². The van der Waals surface area contributed by atoms with Gasteiger partial charge in [-0.15, -0.1) is 0 Å². The van der Waals surface area contributed by atoms with Crippen LogP contribution < -0.4 is 20.1 Å². The van der Waals surface area contributed by atoms with E-state index in [1.54, 1.807) is 42.5 Å². The predicted octanol–water partition coefficient (Wildman–Crippen LogP) is 5.61. The largest absolute Gasteiger partial charge is 0.490 e. The van der Waals surface area contributed by atoms with Crippen molar-refractivity contribution in [1.82, 2.24) is 0 Å². The van der Waals surface area contributed by atoms with Crippen LogP contribution >= 0.6 is 11.6 Å². The van der Waals surface area contributed by atoms with Crippen LogP contribution in [0.5, 0.6) is 11.5 Å². The summed E-state index contributed by atoms with van der Waals surface area (Å²) >= 11 is 5.86. The summed E-state index contributed by atoms with van der Waals surface area (Å²) in [5, 5.41) is 15.5. The molecule has 0 fully saturated rings. The Morgan fingerprint density at radius 1 is 0.943 bits per heavy atom. The molecule has 0 radical (unpaired) electrons. The van der Waals surface area contributed by atoms with Crippen molar-refractivity contribution >= 4 is 40.9 Å². The van der Waals surface area contributed by atoms with Gasteiger partial charge in [-0.05, 0) is 74.0 Å². The highest BCUT2D eigenvalue weighted by molar-refractivity contribution is 6.30. The Kier molecular flexibility index (Phi) is 8.88. The minimum Gasteiger partial charge on any atom is -0.490 e. The summed E-state index contributed by atoms with van der Waals surface area (Å²) < 4.78 is 11.3. The second kappa shape index (κ2) is 12.3. The Morgan fingerprint density at radius 2 is 1.60 bits per heavy atom. The molecule has 2 N–H and O–H groups in total. The Balaban J connectivity index is 1.69. The first-order chi connectivity index (χ1) is 16.9. The molecular formula is C27H24ClN3O4. The minimum absolute atomic E-state index is 0.0893. The van der Waals surface area contributed by atoms with Crippen LogP contribution in [0.4, 0.5) is 11.4 Å². The molecule has 0 saturated heterocycles. The molecule has 7 nitrogen and oxygen atoms in total. The lowest BCUT2D eigenvalue weighted by Crippen LogP contribution is -2.20. The quantitative estimate of drug-likeness (QED) is 0.300. The second-order valence-electron chi connectivity index (χ2n) is 7.47. The monoisotopic (exact) mass is 489 g/mol. The zero-order chi connectivity index (χ0) is 25.2. The first-order valence-electron chi connectivity index (χ1n) is 10.8. The fraction of sp³-hybridized carbons (Fsp3) is 0.148. The third-order valence-corrected chi connectivity index (χ3v) is 4.99. The van der Waals surface area contributed by atoms with Crippen LogP contribution in [0, 0.1) is 18.3 Å². The van der Waals surface area contributed by atoms with Gasteiger partial charge >= 0.3 is 0 Å². The molecule has 0 aliphatic heterocycles. The standard InChI is InChI=1S/C27H24ClN3O4/c1-3-34-25-15-19(14-20(16-29)27(33)31-23-11-7-21(28)8-12-23)6-13-24(25)35-17-26(32)30-22-9-4-18(2)5-10-22/h4-15H,3,17H2,1-2H3,(H,30,32)(H,31,33)/b20-14-. The fourth-order valence-electron chi connectivity index (χ4n) is 3.03. The average molecular weight is 490 g/mol. The van der Waals surface area contributed by atoms with E-state index in [0.717, 1.165) is 5.56 Å². The summed E-state index contributed by atoms with van der Waals surface area (Å²) in [5.41, 5.74) is 2.76. The van der Waals surface area contributed by atoms with Crippen molar-refractivity contribution in [3.8, 4) is 17.6 Å². The van der Waals surface area contributed by atoms with Crippen LogP contribution in [0.1, 0.15) is 18.1 Å².